The highest BCUT2D eigenvalue weighted by Gasteiger charge is 2.21. The molecule has 1 fully saturated rings. The van der Waals surface area contributed by atoms with Crippen molar-refractivity contribution in [3.63, 3.8) is 0 Å². The smallest absolute Gasteiger partial charge is 0.411 e. The second-order valence-electron chi connectivity index (χ2n) is 6.31. The zero-order valence-electron chi connectivity index (χ0n) is 14.0. The van der Waals surface area contributed by atoms with E-state index in [4.69, 9.17) is 4.74 Å². The molecule has 1 saturated heterocycles. The molecule has 1 unspecified atom stereocenters. The molecule has 2 aromatic rings. The molecule has 1 heterocycles. The van der Waals surface area contributed by atoms with Crippen LogP contribution in [0.25, 0.3) is 11.1 Å². The van der Waals surface area contributed by atoms with Crippen molar-refractivity contribution in [2.45, 2.75) is 6.42 Å². The molecule has 1 atom stereocenters. The van der Waals surface area contributed by atoms with E-state index >= 15 is 0 Å². The maximum Gasteiger partial charge on any atom is 0.411 e. The first kappa shape index (κ1) is 17.4. The highest BCUT2D eigenvalue weighted by molar-refractivity contribution is 5.91. The first-order valence-electron chi connectivity index (χ1n) is 8.19. The summed E-state index contributed by atoms with van der Waals surface area (Å²) in [6.45, 7) is 2.29. The van der Waals surface area contributed by atoms with E-state index in [0.29, 0.717) is 29.3 Å². The van der Waals surface area contributed by atoms with Crippen LogP contribution in [0.5, 0.6) is 0 Å². The number of benzene rings is 2. The van der Waals surface area contributed by atoms with Gasteiger partial charge in [0.2, 0.25) is 0 Å². The molecule has 0 aliphatic carbocycles. The zero-order valence-corrected chi connectivity index (χ0v) is 14.0. The number of likely N-dealkylation sites (tertiary alicyclic amines) is 1. The highest BCUT2D eigenvalue weighted by atomic mass is 19.2. The molecule has 0 saturated carbocycles. The van der Waals surface area contributed by atoms with E-state index in [-0.39, 0.29) is 0 Å². The van der Waals surface area contributed by atoms with Gasteiger partial charge in [0.15, 0.2) is 11.6 Å². The van der Waals surface area contributed by atoms with Crippen molar-refractivity contribution < 1.29 is 18.3 Å². The van der Waals surface area contributed by atoms with Gasteiger partial charge in [-0.05, 0) is 43.8 Å². The van der Waals surface area contributed by atoms with E-state index in [9.17, 15) is 13.6 Å². The Balaban J connectivity index is 1.68. The molecule has 25 heavy (non-hydrogen) atoms. The fraction of sp³-hybridized carbons (Fsp3) is 0.316. The average molecular weight is 346 g/mol. The van der Waals surface area contributed by atoms with E-state index in [1.165, 1.54) is 6.07 Å². The van der Waals surface area contributed by atoms with Gasteiger partial charge in [-0.1, -0.05) is 24.3 Å². The standard InChI is InChI=1S/C19H20F2N2O2/c1-23-9-8-13(11-23)12-25-19(24)22-18-5-3-2-4-15(18)14-6-7-16(20)17(21)10-14/h2-7,10,13H,8-9,11-12H2,1H3,(H,22,24). The van der Waals surface area contributed by atoms with Crippen LogP contribution in [0.3, 0.4) is 0 Å². The van der Waals surface area contributed by atoms with Crippen molar-refractivity contribution >= 4 is 11.8 Å². The number of para-hydroxylation sites is 1. The molecular weight excluding hydrogens is 326 g/mol. The average Bonchev–Trinajstić information content (AvgIpc) is 3.02. The number of halogens is 2. The molecule has 1 aliphatic heterocycles. The summed E-state index contributed by atoms with van der Waals surface area (Å²) in [6, 6.07) is 10.6. The molecule has 1 aliphatic rings. The molecule has 2 aromatic carbocycles. The Labute approximate surface area is 145 Å². The number of nitrogens with zero attached hydrogens (tertiary/aromatic N) is 1. The fourth-order valence-corrected chi connectivity index (χ4v) is 3.01. The van der Waals surface area contributed by atoms with Gasteiger partial charge in [0, 0.05) is 18.0 Å². The summed E-state index contributed by atoms with van der Waals surface area (Å²) >= 11 is 0. The number of carbonyl (C=O) groups excluding carboxylic acids is 1. The molecule has 0 spiro atoms. The number of hydrogen-bond donors (Lipinski definition) is 1. The molecule has 0 bridgehead atoms. The normalized spacial score (nSPS) is 17.5. The summed E-state index contributed by atoms with van der Waals surface area (Å²) in [5, 5.41) is 2.69. The quantitative estimate of drug-likeness (QED) is 0.905. The van der Waals surface area contributed by atoms with Crippen LogP contribution in [-0.4, -0.2) is 37.7 Å². The van der Waals surface area contributed by atoms with Crippen LogP contribution in [0.1, 0.15) is 6.42 Å². The minimum atomic E-state index is -0.930. The number of nitrogens with one attached hydrogen (secondary N) is 1. The van der Waals surface area contributed by atoms with Crippen LogP contribution in [0.15, 0.2) is 42.5 Å². The van der Waals surface area contributed by atoms with Gasteiger partial charge in [0.25, 0.3) is 0 Å². The number of hydrogen-bond acceptors (Lipinski definition) is 3. The Kier molecular flexibility index (Phi) is 5.28. The van der Waals surface area contributed by atoms with Gasteiger partial charge in [-0.3, -0.25) is 5.32 Å². The molecule has 0 radical (unpaired) electrons. The predicted molar refractivity (Wildman–Crippen MR) is 92.4 cm³/mol. The van der Waals surface area contributed by atoms with Crippen molar-refractivity contribution in [2.75, 3.05) is 32.1 Å². The monoisotopic (exact) mass is 346 g/mol. The van der Waals surface area contributed by atoms with E-state index in [0.717, 1.165) is 31.6 Å². The lowest BCUT2D eigenvalue weighted by molar-refractivity contribution is 0.142. The Bertz CT molecular complexity index is 767. The summed E-state index contributed by atoms with van der Waals surface area (Å²) in [5.74, 6) is -1.49. The van der Waals surface area contributed by atoms with Crippen LogP contribution in [0.4, 0.5) is 19.3 Å². The highest BCUT2D eigenvalue weighted by Crippen LogP contribution is 2.29. The van der Waals surface area contributed by atoms with Crippen LogP contribution < -0.4 is 5.32 Å². The summed E-state index contributed by atoms with van der Waals surface area (Å²) in [5.41, 5.74) is 1.56. The number of anilines is 1. The van der Waals surface area contributed by atoms with Gasteiger partial charge in [0.05, 0.1) is 12.3 Å². The maximum atomic E-state index is 13.5. The van der Waals surface area contributed by atoms with Crippen molar-refractivity contribution in [1.29, 1.82) is 0 Å². The third kappa shape index (κ3) is 4.33. The first-order chi connectivity index (χ1) is 12.0. The fourth-order valence-electron chi connectivity index (χ4n) is 3.01. The summed E-state index contributed by atoms with van der Waals surface area (Å²) in [6.07, 6.45) is 0.458. The van der Waals surface area contributed by atoms with Crippen molar-refractivity contribution in [3.05, 3.63) is 54.1 Å². The van der Waals surface area contributed by atoms with Gasteiger partial charge in [-0.2, -0.15) is 0 Å². The van der Waals surface area contributed by atoms with Gasteiger partial charge in [-0.25, -0.2) is 13.6 Å². The van der Waals surface area contributed by atoms with Crippen LogP contribution >= 0.6 is 0 Å². The lowest BCUT2D eigenvalue weighted by Crippen LogP contribution is -2.21. The van der Waals surface area contributed by atoms with E-state index < -0.39 is 17.7 Å². The van der Waals surface area contributed by atoms with Crippen molar-refractivity contribution in [3.8, 4) is 11.1 Å². The van der Waals surface area contributed by atoms with Crippen LogP contribution in [0.2, 0.25) is 0 Å². The number of rotatable bonds is 4. The van der Waals surface area contributed by atoms with Crippen LogP contribution in [-0.2, 0) is 4.74 Å². The Morgan fingerprint density at radius 3 is 2.76 bits per heavy atom. The molecule has 1 amide bonds. The van der Waals surface area contributed by atoms with Gasteiger partial charge in [0.1, 0.15) is 0 Å². The third-order valence-corrected chi connectivity index (χ3v) is 4.33. The second-order valence-corrected chi connectivity index (χ2v) is 6.31. The van der Waals surface area contributed by atoms with Gasteiger partial charge < -0.3 is 9.64 Å². The number of carbonyl (C=O) groups is 1. The zero-order chi connectivity index (χ0) is 17.8. The third-order valence-electron chi connectivity index (χ3n) is 4.33. The lowest BCUT2D eigenvalue weighted by atomic mass is 10.0. The molecule has 0 aromatic heterocycles. The Hall–Kier alpha value is -2.47. The molecule has 4 nitrogen and oxygen atoms in total. The minimum absolute atomic E-state index is 0.345. The van der Waals surface area contributed by atoms with Crippen molar-refractivity contribution in [2.24, 2.45) is 5.92 Å². The van der Waals surface area contributed by atoms with Gasteiger partial charge >= 0.3 is 6.09 Å². The first-order valence-corrected chi connectivity index (χ1v) is 8.19. The number of ether oxygens (including phenoxy) is 1. The lowest BCUT2D eigenvalue weighted by Gasteiger charge is -2.14. The Morgan fingerprint density at radius 2 is 2.04 bits per heavy atom. The van der Waals surface area contributed by atoms with Gasteiger partial charge in [-0.15, -0.1) is 0 Å². The second kappa shape index (κ2) is 7.61. The molecule has 1 N–H and O–H groups in total. The molecule has 132 valence electrons. The Morgan fingerprint density at radius 1 is 1.24 bits per heavy atom. The summed E-state index contributed by atoms with van der Waals surface area (Å²) in [4.78, 5) is 14.3. The molecule has 3 rings (SSSR count). The van der Waals surface area contributed by atoms with E-state index in [1.807, 2.05) is 7.05 Å². The SMILES string of the molecule is CN1CCC(COC(=O)Nc2ccccc2-c2ccc(F)c(F)c2)C1. The number of amides is 1. The molecule has 6 heteroatoms. The topological polar surface area (TPSA) is 41.6 Å². The van der Waals surface area contributed by atoms with E-state index in [1.54, 1.807) is 24.3 Å². The largest absolute Gasteiger partial charge is 0.449 e. The summed E-state index contributed by atoms with van der Waals surface area (Å²) in [7, 11) is 2.04. The maximum absolute atomic E-state index is 13.5. The minimum Gasteiger partial charge on any atom is -0.449 e. The molecular formula is C19H20F2N2O2. The predicted octanol–water partition coefficient (Wildman–Crippen LogP) is 4.13. The van der Waals surface area contributed by atoms with Crippen molar-refractivity contribution in [1.82, 2.24) is 4.90 Å². The van der Waals surface area contributed by atoms with E-state index in [2.05, 4.69) is 10.2 Å². The van der Waals surface area contributed by atoms with Crippen LogP contribution in [0, 0.1) is 17.6 Å². The summed E-state index contributed by atoms with van der Waals surface area (Å²) < 4.78 is 31.9.